The first-order valence-corrected chi connectivity index (χ1v) is 10.0. The van der Waals surface area contributed by atoms with Gasteiger partial charge in [0, 0.05) is 24.3 Å². The third kappa shape index (κ3) is 3.34. The molecule has 0 unspecified atom stereocenters. The first kappa shape index (κ1) is 17.2. The summed E-state index contributed by atoms with van der Waals surface area (Å²) in [5.74, 6) is 0.660. The Kier molecular flexibility index (Phi) is 4.46. The third-order valence-corrected chi connectivity index (χ3v) is 5.92. The minimum absolute atomic E-state index is 0.147. The summed E-state index contributed by atoms with van der Waals surface area (Å²) < 4.78 is 12.1. The molecule has 1 aromatic heterocycles. The van der Waals surface area contributed by atoms with Crippen molar-refractivity contribution in [2.75, 3.05) is 43.1 Å². The summed E-state index contributed by atoms with van der Waals surface area (Å²) in [7, 11) is 0. The molecule has 0 spiro atoms. The summed E-state index contributed by atoms with van der Waals surface area (Å²) in [6.45, 7) is 3.46. The molecular weight excluding hydrogens is 374 g/mol. The van der Waals surface area contributed by atoms with Crippen LogP contribution in [0, 0.1) is 0 Å². The predicted octanol–water partition coefficient (Wildman–Crippen LogP) is 3.55. The number of aromatic nitrogens is 1. The number of hydrogen-bond acceptors (Lipinski definition) is 6. The van der Waals surface area contributed by atoms with Crippen molar-refractivity contribution in [1.29, 1.82) is 0 Å². The van der Waals surface area contributed by atoms with Gasteiger partial charge < -0.3 is 19.7 Å². The second-order valence-corrected chi connectivity index (χ2v) is 7.74. The number of amides is 1. The first-order valence-electron chi connectivity index (χ1n) is 9.23. The zero-order valence-electron chi connectivity index (χ0n) is 15.2. The van der Waals surface area contributed by atoms with Crippen molar-refractivity contribution in [3.05, 3.63) is 53.6 Å². The lowest BCUT2D eigenvalue weighted by Crippen LogP contribution is -2.36. The molecule has 0 bridgehead atoms. The lowest BCUT2D eigenvalue weighted by atomic mass is 10.1. The standard InChI is InChI=1S/C21H19N3O3S/c25-20(15-11-14-3-1-2-4-18(14)27-13-15)22-16-5-6-17-19(12-16)28-21(23-17)24-7-9-26-10-8-24/h1-6,11-12H,7-10,13H2,(H,22,25). The third-order valence-electron chi connectivity index (χ3n) is 4.84. The van der Waals surface area contributed by atoms with E-state index in [9.17, 15) is 4.79 Å². The van der Waals surface area contributed by atoms with Crippen molar-refractivity contribution < 1.29 is 14.3 Å². The van der Waals surface area contributed by atoms with Crippen LogP contribution in [-0.2, 0) is 9.53 Å². The highest BCUT2D eigenvalue weighted by atomic mass is 32.1. The van der Waals surface area contributed by atoms with Gasteiger partial charge in [0.1, 0.15) is 12.4 Å². The van der Waals surface area contributed by atoms with Crippen molar-refractivity contribution in [3.8, 4) is 5.75 Å². The van der Waals surface area contributed by atoms with Gasteiger partial charge in [-0.2, -0.15) is 0 Å². The average molecular weight is 393 g/mol. The normalized spacial score (nSPS) is 16.3. The first-order chi connectivity index (χ1) is 13.8. The average Bonchev–Trinajstić information content (AvgIpc) is 3.17. The van der Waals surface area contributed by atoms with Crippen LogP contribution in [0.2, 0.25) is 0 Å². The lowest BCUT2D eigenvalue weighted by Gasteiger charge is -2.25. The van der Waals surface area contributed by atoms with Crippen LogP contribution >= 0.6 is 11.3 Å². The van der Waals surface area contributed by atoms with Gasteiger partial charge in [-0.15, -0.1) is 0 Å². The molecule has 2 aliphatic rings. The highest BCUT2D eigenvalue weighted by molar-refractivity contribution is 7.22. The van der Waals surface area contributed by atoms with Crippen molar-refractivity contribution in [2.45, 2.75) is 0 Å². The number of benzene rings is 2. The van der Waals surface area contributed by atoms with Gasteiger partial charge in [0.05, 0.1) is 29.0 Å². The van der Waals surface area contributed by atoms with Gasteiger partial charge in [0.25, 0.3) is 5.91 Å². The molecule has 1 fully saturated rings. The van der Waals surface area contributed by atoms with Crippen LogP contribution in [0.25, 0.3) is 16.3 Å². The van der Waals surface area contributed by atoms with Crippen molar-refractivity contribution in [2.24, 2.45) is 0 Å². The van der Waals surface area contributed by atoms with Gasteiger partial charge >= 0.3 is 0 Å². The minimum Gasteiger partial charge on any atom is -0.488 e. The molecule has 142 valence electrons. The highest BCUT2D eigenvalue weighted by Crippen LogP contribution is 2.32. The fourth-order valence-electron chi connectivity index (χ4n) is 3.34. The van der Waals surface area contributed by atoms with E-state index in [2.05, 4.69) is 10.2 Å². The Hall–Kier alpha value is -2.90. The van der Waals surface area contributed by atoms with Gasteiger partial charge in [0.15, 0.2) is 5.13 Å². The van der Waals surface area contributed by atoms with Gasteiger partial charge in [-0.1, -0.05) is 29.5 Å². The van der Waals surface area contributed by atoms with Crippen LogP contribution < -0.4 is 15.0 Å². The van der Waals surface area contributed by atoms with E-state index in [-0.39, 0.29) is 12.5 Å². The highest BCUT2D eigenvalue weighted by Gasteiger charge is 2.18. The van der Waals surface area contributed by atoms with Crippen LogP contribution in [-0.4, -0.2) is 43.8 Å². The van der Waals surface area contributed by atoms with Crippen molar-refractivity contribution in [1.82, 2.24) is 4.98 Å². The second-order valence-electron chi connectivity index (χ2n) is 6.73. The Morgan fingerprint density at radius 1 is 1.14 bits per heavy atom. The SMILES string of the molecule is O=C(Nc1ccc2nc(N3CCOCC3)sc2c1)C1=Cc2ccccc2OC1. The van der Waals surface area contributed by atoms with E-state index < -0.39 is 0 Å². The lowest BCUT2D eigenvalue weighted by molar-refractivity contribution is -0.113. The maximum absolute atomic E-state index is 12.7. The number of thiazole rings is 1. The number of para-hydroxylation sites is 1. The molecule has 0 aliphatic carbocycles. The molecule has 0 radical (unpaired) electrons. The largest absolute Gasteiger partial charge is 0.488 e. The molecular formula is C21H19N3O3S. The number of morpholine rings is 1. The Balaban J connectivity index is 1.35. The minimum atomic E-state index is -0.147. The number of fused-ring (bicyclic) bond motifs is 2. The molecule has 1 N–H and O–H groups in total. The molecule has 2 aromatic carbocycles. The van der Waals surface area contributed by atoms with Gasteiger partial charge in [-0.3, -0.25) is 4.79 Å². The van der Waals surface area contributed by atoms with Crippen LogP contribution in [0.4, 0.5) is 10.8 Å². The molecule has 1 saturated heterocycles. The maximum atomic E-state index is 12.7. The zero-order chi connectivity index (χ0) is 18.9. The number of carbonyl (C=O) groups is 1. The number of anilines is 2. The van der Waals surface area contributed by atoms with E-state index in [1.807, 2.05) is 48.5 Å². The Morgan fingerprint density at radius 2 is 2.00 bits per heavy atom. The molecule has 1 amide bonds. The molecule has 2 aliphatic heterocycles. The predicted molar refractivity (Wildman–Crippen MR) is 111 cm³/mol. The molecule has 5 rings (SSSR count). The van der Waals surface area contributed by atoms with Gasteiger partial charge in [0.2, 0.25) is 0 Å². The Labute approximate surface area is 166 Å². The summed E-state index contributed by atoms with van der Waals surface area (Å²) in [6, 6.07) is 13.5. The van der Waals surface area contributed by atoms with Gasteiger partial charge in [-0.05, 0) is 30.3 Å². The number of rotatable bonds is 3. The molecule has 28 heavy (non-hydrogen) atoms. The van der Waals surface area contributed by atoms with Crippen molar-refractivity contribution in [3.63, 3.8) is 0 Å². The molecule has 3 heterocycles. The zero-order valence-corrected chi connectivity index (χ0v) is 16.0. The smallest absolute Gasteiger partial charge is 0.255 e. The number of nitrogens with zero attached hydrogens (tertiary/aromatic N) is 2. The summed E-state index contributed by atoms with van der Waals surface area (Å²) in [6.07, 6.45) is 1.88. The van der Waals surface area contributed by atoms with Gasteiger partial charge in [-0.25, -0.2) is 4.98 Å². The Morgan fingerprint density at radius 3 is 2.89 bits per heavy atom. The topological polar surface area (TPSA) is 63.7 Å². The van der Waals surface area contributed by atoms with Crippen LogP contribution in [0.3, 0.4) is 0 Å². The number of hydrogen-bond donors (Lipinski definition) is 1. The van der Waals surface area contributed by atoms with Crippen LogP contribution in [0.15, 0.2) is 48.0 Å². The van der Waals surface area contributed by atoms with Crippen molar-refractivity contribution >= 4 is 44.4 Å². The monoisotopic (exact) mass is 393 g/mol. The fourth-order valence-corrected chi connectivity index (χ4v) is 4.40. The number of nitrogens with one attached hydrogen (secondary N) is 1. The van der Waals surface area contributed by atoms with E-state index in [1.54, 1.807) is 11.3 Å². The Bertz CT molecular complexity index is 1070. The maximum Gasteiger partial charge on any atom is 0.255 e. The second kappa shape index (κ2) is 7.26. The summed E-state index contributed by atoms with van der Waals surface area (Å²) in [4.78, 5) is 19.6. The van der Waals surface area contributed by atoms with E-state index in [0.29, 0.717) is 5.57 Å². The summed E-state index contributed by atoms with van der Waals surface area (Å²) in [5, 5.41) is 3.98. The molecule has 0 saturated carbocycles. The molecule has 3 aromatic rings. The quantitative estimate of drug-likeness (QED) is 0.737. The molecule has 7 heteroatoms. The summed E-state index contributed by atoms with van der Waals surface area (Å²) >= 11 is 1.64. The van der Waals surface area contributed by atoms with E-state index in [4.69, 9.17) is 14.5 Å². The summed E-state index contributed by atoms with van der Waals surface area (Å²) in [5.41, 5.74) is 3.23. The molecule has 6 nitrogen and oxygen atoms in total. The van der Waals surface area contributed by atoms with E-state index in [0.717, 1.165) is 58.7 Å². The number of ether oxygens (including phenoxy) is 2. The fraction of sp³-hybridized carbons (Fsp3) is 0.238. The molecule has 0 atom stereocenters. The number of carbonyl (C=O) groups excluding carboxylic acids is 1. The van der Waals surface area contributed by atoms with Crippen LogP contribution in [0.1, 0.15) is 5.56 Å². The van der Waals surface area contributed by atoms with Crippen LogP contribution in [0.5, 0.6) is 5.75 Å². The van der Waals surface area contributed by atoms with E-state index in [1.165, 1.54) is 0 Å². The van der Waals surface area contributed by atoms with E-state index >= 15 is 0 Å².